The first-order chi connectivity index (χ1) is 12.6. The van der Waals surface area contributed by atoms with Crippen molar-refractivity contribution in [3.63, 3.8) is 0 Å². The Hall–Kier alpha value is -3.45. The van der Waals surface area contributed by atoms with Gasteiger partial charge in [-0.05, 0) is 26.8 Å². The molecule has 3 N–H and O–H groups in total. The Bertz CT molecular complexity index is 792. The lowest BCUT2D eigenvalue weighted by Gasteiger charge is -2.25. The number of benzene rings is 1. The van der Waals surface area contributed by atoms with E-state index in [4.69, 9.17) is 10.5 Å². The molecule has 10 nitrogen and oxygen atoms in total. The van der Waals surface area contributed by atoms with Crippen LogP contribution >= 0.6 is 0 Å². The quantitative estimate of drug-likeness (QED) is 0.334. The zero-order valence-electron chi connectivity index (χ0n) is 15.3. The molecule has 1 aromatic carbocycles. The van der Waals surface area contributed by atoms with E-state index in [1.807, 2.05) is 0 Å². The second kappa shape index (κ2) is 9.30. The third kappa shape index (κ3) is 7.13. The molecule has 0 aromatic heterocycles. The number of ether oxygens (including phenoxy) is 1. The Balaban J connectivity index is 3.03. The molecule has 0 bridgehead atoms. The van der Waals surface area contributed by atoms with E-state index in [0.29, 0.717) is 0 Å². The molecule has 0 unspecified atom stereocenters. The van der Waals surface area contributed by atoms with E-state index in [9.17, 15) is 25.0 Å². The fraction of sp³-hybridized carbons (Fsp3) is 0.353. The second-order valence-corrected chi connectivity index (χ2v) is 6.38. The fourth-order valence-electron chi connectivity index (χ4n) is 1.86. The van der Waals surface area contributed by atoms with Crippen molar-refractivity contribution in [3.8, 4) is 6.07 Å². The van der Waals surface area contributed by atoms with Crippen molar-refractivity contribution in [3.05, 3.63) is 46.2 Å². The summed E-state index contributed by atoms with van der Waals surface area (Å²) in [5.41, 5.74) is 4.23. The van der Waals surface area contributed by atoms with Crippen LogP contribution in [0.2, 0.25) is 0 Å². The molecule has 0 saturated heterocycles. The van der Waals surface area contributed by atoms with E-state index < -0.39 is 22.5 Å². The summed E-state index contributed by atoms with van der Waals surface area (Å²) in [6.07, 6.45) is 0.275. The average Bonchev–Trinajstić information content (AvgIpc) is 2.57. The summed E-state index contributed by atoms with van der Waals surface area (Å²) in [7, 11) is 0. The Labute approximate surface area is 156 Å². The molecule has 0 aliphatic rings. The monoisotopic (exact) mass is 375 g/mol. The van der Waals surface area contributed by atoms with Crippen molar-refractivity contribution in [1.82, 2.24) is 4.90 Å². The van der Waals surface area contributed by atoms with Gasteiger partial charge in [-0.2, -0.15) is 5.26 Å². The first-order valence-electron chi connectivity index (χ1n) is 7.95. The zero-order chi connectivity index (χ0) is 20.6. The second-order valence-electron chi connectivity index (χ2n) is 6.38. The topological polar surface area (TPSA) is 152 Å². The van der Waals surface area contributed by atoms with Gasteiger partial charge in [0.1, 0.15) is 17.2 Å². The van der Waals surface area contributed by atoms with Crippen LogP contribution in [0.15, 0.2) is 36.0 Å². The highest BCUT2D eigenvalue weighted by Crippen LogP contribution is 2.18. The van der Waals surface area contributed by atoms with Crippen LogP contribution in [0.4, 0.5) is 16.2 Å². The zero-order valence-corrected chi connectivity index (χ0v) is 15.3. The first-order valence-corrected chi connectivity index (χ1v) is 7.95. The van der Waals surface area contributed by atoms with E-state index in [1.165, 1.54) is 18.2 Å². The molecule has 1 rings (SSSR count). The molecule has 0 aliphatic carbocycles. The van der Waals surface area contributed by atoms with E-state index in [0.717, 1.165) is 17.2 Å². The van der Waals surface area contributed by atoms with Crippen molar-refractivity contribution in [2.24, 2.45) is 5.73 Å². The van der Waals surface area contributed by atoms with Crippen molar-refractivity contribution < 1.29 is 19.2 Å². The van der Waals surface area contributed by atoms with Crippen LogP contribution in [0.5, 0.6) is 0 Å². The molecule has 0 saturated carbocycles. The molecule has 0 radical (unpaired) electrons. The molecule has 10 heteroatoms. The van der Waals surface area contributed by atoms with Gasteiger partial charge in [0.25, 0.3) is 11.6 Å². The van der Waals surface area contributed by atoms with E-state index in [1.54, 1.807) is 26.8 Å². The fourth-order valence-corrected chi connectivity index (χ4v) is 1.86. The number of nitro groups is 1. The van der Waals surface area contributed by atoms with Crippen LogP contribution in [0.3, 0.4) is 0 Å². The molecule has 0 heterocycles. The van der Waals surface area contributed by atoms with Gasteiger partial charge in [-0.3, -0.25) is 19.8 Å². The largest absolute Gasteiger partial charge is 0.443 e. The number of nitrogens with two attached hydrogens (primary N) is 1. The minimum Gasteiger partial charge on any atom is -0.443 e. The van der Waals surface area contributed by atoms with Gasteiger partial charge >= 0.3 is 6.09 Å². The highest BCUT2D eigenvalue weighted by Gasteiger charge is 2.22. The maximum absolute atomic E-state index is 12.3. The van der Waals surface area contributed by atoms with Crippen molar-refractivity contribution in [2.45, 2.75) is 26.4 Å². The number of non-ortho nitro benzene ring substituents is 1. The predicted molar refractivity (Wildman–Crippen MR) is 97.4 cm³/mol. The Kier molecular flexibility index (Phi) is 7.44. The summed E-state index contributed by atoms with van der Waals surface area (Å²) in [4.78, 5) is 35.7. The summed E-state index contributed by atoms with van der Waals surface area (Å²) >= 11 is 0. The summed E-state index contributed by atoms with van der Waals surface area (Å²) in [5.74, 6) is -0.830. The van der Waals surface area contributed by atoms with E-state index in [2.05, 4.69) is 5.32 Å². The van der Waals surface area contributed by atoms with Crippen LogP contribution in [-0.4, -0.2) is 40.5 Å². The summed E-state index contributed by atoms with van der Waals surface area (Å²) in [6.45, 7) is 5.14. The van der Waals surface area contributed by atoms with Crippen LogP contribution in [0, 0.1) is 21.4 Å². The third-order valence-electron chi connectivity index (χ3n) is 2.96. The maximum atomic E-state index is 12.3. The van der Waals surface area contributed by atoms with Gasteiger partial charge in [-0.25, -0.2) is 4.79 Å². The van der Waals surface area contributed by atoms with Crippen molar-refractivity contribution in [1.29, 1.82) is 5.26 Å². The van der Waals surface area contributed by atoms with Gasteiger partial charge in [-0.15, -0.1) is 0 Å². The van der Waals surface area contributed by atoms with Gasteiger partial charge in [0.05, 0.1) is 4.92 Å². The van der Waals surface area contributed by atoms with Gasteiger partial charge < -0.3 is 15.8 Å². The number of nitrogens with zero attached hydrogens (tertiary/aromatic N) is 3. The number of nitrogens with one attached hydrogen (secondary N) is 1. The van der Waals surface area contributed by atoms with Crippen LogP contribution < -0.4 is 11.1 Å². The normalized spacial score (nSPS) is 11.3. The van der Waals surface area contributed by atoms with Crippen LogP contribution in [0.1, 0.15) is 20.8 Å². The average molecular weight is 375 g/mol. The predicted octanol–water partition coefficient (Wildman–Crippen LogP) is 2.14. The number of hydrogen-bond acceptors (Lipinski definition) is 7. The molecule has 27 heavy (non-hydrogen) atoms. The number of nitriles is 1. The maximum Gasteiger partial charge on any atom is 0.414 e. The Morgan fingerprint density at radius 1 is 1.44 bits per heavy atom. The van der Waals surface area contributed by atoms with Crippen LogP contribution in [0.25, 0.3) is 0 Å². The lowest BCUT2D eigenvalue weighted by Crippen LogP contribution is -2.37. The summed E-state index contributed by atoms with van der Waals surface area (Å²) in [6, 6.07) is 6.94. The smallest absolute Gasteiger partial charge is 0.414 e. The molecule has 144 valence electrons. The third-order valence-corrected chi connectivity index (χ3v) is 2.96. The van der Waals surface area contributed by atoms with E-state index in [-0.39, 0.29) is 30.0 Å². The lowest BCUT2D eigenvalue weighted by atomic mass is 10.2. The highest BCUT2D eigenvalue weighted by molar-refractivity contribution is 6.06. The number of rotatable bonds is 6. The molecule has 2 amide bonds. The lowest BCUT2D eigenvalue weighted by molar-refractivity contribution is -0.384. The first kappa shape index (κ1) is 21.6. The minimum atomic E-state index is -0.830. The number of nitro benzene ring substituents is 1. The number of carbonyl (C=O) groups excluding carboxylic acids is 2. The van der Waals surface area contributed by atoms with Crippen molar-refractivity contribution >= 4 is 23.4 Å². The Morgan fingerprint density at radius 2 is 2.11 bits per heavy atom. The highest BCUT2D eigenvalue weighted by atomic mass is 16.6. The molecular weight excluding hydrogens is 354 g/mol. The van der Waals surface area contributed by atoms with Gasteiger partial charge in [-0.1, -0.05) is 6.07 Å². The number of amides is 2. The molecule has 1 aromatic rings. The molecule has 0 aliphatic heterocycles. The van der Waals surface area contributed by atoms with Gasteiger partial charge in [0.15, 0.2) is 0 Å². The molecular formula is C17H21N5O5. The van der Waals surface area contributed by atoms with Crippen LogP contribution in [-0.2, 0) is 9.53 Å². The van der Waals surface area contributed by atoms with Gasteiger partial charge in [0, 0.05) is 37.1 Å². The molecule has 0 atom stereocenters. The summed E-state index contributed by atoms with van der Waals surface area (Å²) in [5, 5.41) is 22.4. The molecule has 0 spiro atoms. The number of anilines is 1. The molecule has 0 fully saturated rings. The Morgan fingerprint density at radius 3 is 2.63 bits per heavy atom. The number of hydrogen-bond donors (Lipinski definition) is 2. The summed E-state index contributed by atoms with van der Waals surface area (Å²) < 4.78 is 5.21. The van der Waals surface area contributed by atoms with Gasteiger partial charge in [0.2, 0.25) is 0 Å². The standard InChI is InChI=1S/C17H21N5O5/c1-17(2,3)27-16(24)21(8-7-18)11-12(10-19)15(23)20-13-5-4-6-14(9-13)22(25)26/h4-6,9,11H,7-8,18H2,1-3H3,(H,20,23)/b12-11-. The van der Waals surface area contributed by atoms with Crippen molar-refractivity contribution in [2.75, 3.05) is 18.4 Å². The van der Waals surface area contributed by atoms with E-state index >= 15 is 0 Å². The number of carbonyl (C=O) groups is 2. The minimum absolute atomic E-state index is 0.0319. The SMILES string of the molecule is CC(C)(C)OC(=O)N(/C=C(/C#N)C(=O)Nc1cccc([N+](=O)[O-])c1)CCN.